The van der Waals surface area contributed by atoms with E-state index in [9.17, 15) is 22.0 Å². The van der Waals surface area contributed by atoms with E-state index >= 15 is 0 Å². The van der Waals surface area contributed by atoms with Gasteiger partial charge in [0.15, 0.2) is 0 Å². The Hall–Kier alpha value is -3.63. The lowest BCUT2D eigenvalue weighted by molar-refractivity contribution is 0.100. The SMILES string of the molecule is CCCCCc1ccc2c(nc(C)n2Cc2ccc(F)cc2F)c1C(N)=O.NS(=O)(=O)c1ccccc1. The number of unbranched alkanes of at least 4 members (excludes halogenated alkanes) is 2. The van der Waals surface area contributed by atoms with Gasteiger partial charge in [0.05, 0.1) is 22.5 Å². The van der Waals surface area contributed by atoms with Crippen molar-refractivity contribution in [3.8, 4) is 0 Å². The van der Waals surface area contributed by atoms with Crippen molar-refractivity contribution >= 4 is 27.0 Å². The molecule has 196 valence electrons. The fourth-order valence-electron chi connectivity index (χ4n) is 4.03. The largest absolute Gasteiger partial charge is 0.366 e. The van der Waals surface area contributed by atoms with E-state index in [1.54, 1.807) is 25.1 Å². The smallest absolute Gasteiger partial charge is 0.251 e. The summed E-state index contributed by atoms with van der Waals surface area (Å²) in [7, 11) is -3.50. The minimum absolute atomic E-state index is 0.148. The Morgan fingerprint density at radius 3 is 2.24 bits per heavy atom. The Kier molecular flexibility index (Phi) is 9.12. The fourth-order valence-corrected chi connectivity index (χ4v) is 4.56. The number of nitrogens with two attached hydrogens (primary N) is 2. The molecule has 0 saturated heterocycles. The third kappa shape index (κ3) is 6.99. The Labute approximate surface area is 215 Å². The summed E-state index contributed by atoms with van der Waals surface area (Å²) in [5.74, 6) is -1.09. The highest BCUT2D eigenvalue weighted by Gasteiger charge is 2.19. The van der Waals surface area contributed by atoms with Crippen LogP contribution in [0.25, 0.3) is 11.0 Å². The number of rotatable bonds is 8. The molecule has 0 unspecified atom stereocenters. The van der Waals surface area contributed by atoms with Gasteiger partial charge in [-0.25, -0.2) is 27.3 Å². The molecule has 37 heavy (non-hydrogen) atoms. The van der Waals surface area contributed by atoms with Crippen LogP contribution in [0.15, 0.2) is 65.6 Å². The molecule has 0 fully saturated rings. The van der Waals surface area contributed by atoms with Crippen LogP contribution in [0.5, 0.6) is 0 Å². The number of halogens is 2. The number of amides is 1. The quantitative estimate of drug-likeness (QED) is 0.318. The van der Waals surface area contributed by atoms with Crippen molar-refractivity contribution in [1.29, 1.82) is 0 Å². The topological polar surface area (TPSA) is 121 Å². The zero-order valence-electron chi connectivity index (χ0n) is 20.7. The van der Waals surface area contributed by atoms with Gasteiger partial charge >= 0.3 is 0 Å². The molecule has 4 N–H and O–H groups in total. The van der Waals surface area contributed by atoms with E-state index in [-0.39, 0.29) is 11.4 Å². The Morgan fingerprint density at radius 1 is 1.00 bits per heavy atom. The first-order chi connectivity index (χ1) is 17.5. The van der Waals surface area contributed by atoms with Crippen LogP contribution in [0, 0.1) is 18.6 Å². The molecule has 0 bridgehead atoms. The van der Waals surface area contributed by atoms with Crippen LogP contribution < -0.4 is 10.9 Å². The maximum absolute atomic E-state index is 14.1. The highest BCUT2D eigenvalue weighted by atomic mass is 32.2. The highest BCUT2D eigenvalue weighted by Crippen LogP contribution is 2.26. The maximum atomic E-state index is 14.1. The number of imidazole rings is 1. The molecule has 3 aromatic carbocycles. The van der Waals surface area contributed by atoms with Crippen molar-refractivity contribution in [3.63, 3.8) is 0 Å². The summed E-state index contributed by atoms with van der Waals surface area (Å²) in [4.78, 5) is 16.8. The number of aryl methyl sites for hydroxylation is 2. The third-order valence-corrected chi connectivity index (χ3v) is 6.84. The number of aromatic nitrogens is 2. The Morgan fingerprint density at radius 2 is 1.68 bits per heavy atom. The molecular formula is C27H30F2N4O3S. The summed E-state index contributed by atoms with van der Waals surface area (Å²) in [6.45, 7) is 4.11. The first-order valence-electron chi connectivity index (χ1n) is 11.8. The van der Waals surface area contributed by atoms with Crippen LogP contribution in [-0.2, 0) is 23.0 Å². The molecule has 0 aliphatic rings. The molecule has 4 rings (SSSR count). The van der Waals surface area contributed by atoms with Crippen LogP contribution in [-0.4, -0.2) is 23.9 Å². The Bertz CT molecular complexity index is 1500. The van der Waals surface area contributed by atoms with Crippen LogP contribution in [0.2, 0.25) is 0 Å². The van der Waals surface area contributed by atoms with Gasteiger partial charge in [0, 0.05) is 11.6 Å². The molecule has 1 amide bonds. The molecule has 7 nitrogen and oxygen atoms in total. The van der Waals surface area contributed by atoms with E-state index in [1.165, 1.54) is 24.3 Å². The molecule has 0 radical (unpaired) electrons. The van der Waals surface area contributed by atoms with Crippen molar-refractivity contribution in [3.05, 3.63) is 94.8 Å². The van der Waals surface area contributed by atoms with Crippen molar-refractivity contribution in [1.82, 2.24) is 9.55 Å². The maximum Gasteiger partial charge on any atom is 0.251 e. The van der Waals surface area contributed by atoms with Gasteiger partial charge in [-0.2, -0.15) is 0 Å². The first kappa shape index (κ1) is 27.9. The highest BCUT2D eigenvalue weighted by molar-refractivity contribution is 7.89. The summed E-state index contributed by atoms with van der Waals surface area (Å²) in [6, 6.07) is 15.2. The van der Waals surface area contributed by atoms with Crippen molar-refractivity contribution in [2.75, 3.05) is 0 Å². The monoisotopic (exact) mass is 528 g/mol. The average molecular weight is 529 g/mol. The van der Waals surface area contributed by atoms with E-state index < -0.39 is 27.6 Å². The van der Waals surface area contributed by atoms with Gasteiger partial charge in [-0.1, -0.05) is 50.1 Å². The van der Waals surface area contributed by atoms with E-state index in [2.05, 4.69) is 11.9 Å². The minimum Gasteiger partial charge on any atom is -0.366 e. The molecule has 0 spiro atoms. The van der Waals surface area contributed by atoms with Gasteiger partial charge in [-0.05, 0) is 49.6 Å². The molecule has 0 aliphatic carbocycles. The number of primary amides is 1. The summed E-state index contributed by atoms with van der Waals surface area (Å²) in [5.41, 5.74) is 8.58. The normalized spacial score (nSPS) is 11.3. The minimum atomic E-state index is -3.50. The zero-order chi connectivity index (χ0) is 27.2. The summed E-state index contributed by atoms with van der Waals surface area (Å²) in [6.07, 6.45) is 3.90. The number of primary sulfonamides is 1. The van der Waals surface area contributed by atoms with Crippen molar-refractivity contribution in [2.24, 2.45) is 10.9 Å². The van der Waals surface area contributed by atoms with Crippen LogP contribution in [0.3, 0.4) is 0 Å². The second-order valence-corrected chi connectivity index (χ2v) is 10.2. The molecule has 0 aliphatic heterocycles. The Balaban J connectivity index is 0.000000319. The van der Waals surface area contributed by atoms with Crippen LogP contribution in [0.1, 0.15) is 53.5 Å². The number of fused-ring (bicyclic) bond motifs is 1. The summed E-state index contributed by atoms with van der Waals surface area (Å²) in [5, 5.41) is 4.83. The molecule has 10 heteroatoms. The number of hydrogen-bond acceptors (Lipinski definition) is 4. The number of hydrogen-bond donors (Lipinski definition) is 2. The van der Waals surface area contributed by atoms with Gasteiger partial charge in [-0.3, -0.25) is 4.79 Å². The number of nitrogens with zero attached hydrogens (tertiary/aromatic N) is 2. The number of sulfonamides is 1. The lowest BCUT2D eigenvalue weighted by atomic mass is 9.99. The number of carbonyl (C=O) groups excluding carboxylic acids is 1. The summed E-state index contributed by atoms with van der Waals surface area (Å²) < 4.78 is 50.3. The predicted octanol–water partition coefficient (Wildman–Crippen LogP) is 4.84. The van der Waals surface area contributed by atoms with E-state index in [1.807, 2.05) is 16.7 Å². The molecule has 0 saturated carbocycles. The second-order valence-electron chi connectivity index (χ2n) is 8.63. The van der Waals surface area contributed by atoms with Gasteiger partial charge < -0.3 is 10.3 Å². The first-order valence-corrected chi connectivity index (χ1v) is 13.4. The van der Waals surface area contributed by atoms with Gasteiger partial charge in [0.1, 0.15) is 23.0 Å². The van der Waals surface area contributed by atoms with Gasteiger partial charge in [0.25, 0.3) is 5.91 Å². The zero-order valence-corrected chi connectivity index (χ0v) is 21.6. The van der Waals surface area contributed by atoms with Crippen LogP contribution >= 0.6 is 0 Å². The molecule has 0 atom stereocenters. The molecule has 1 aromatic heterocycles. The third-order valence-electron chi connectivity index (χ3n) is 5.91. The second kappa shape index (κ2) is 12.1. The lowest BCUT2D eigenvalue weighted by Crippen LogP contribution is -2.15. The molecule has 1 heterocycles. The molecule has 4 aromatic rings. The predicted molar refractivity (Wildman–Crippen MR) is 139 cm³/mol. The lowest BCUT2D eigenvalue weighted by Gasteiger charge is -2.10. The van der Waals surface area contributed by atoms with Crippen molar-refractivity contribution in [2.45, 2.75) is 51.0 Å². The average Bonchev–Trinajstić information content (AvgIpc) is 3.15. The number of carbonyl (C=O) groups is 1. The molecular weight excluding hydrogens is 498 g/mol. The van der Waals surface area contributed by atoms with Gasteiger partial charge in [0.2, 0.25) is 10.0 Å². The standard InChI is InChI=1S/C21H23F2N3O.C6H7NO2S/c1-3-4-5-6-14-8-10-18-20(19(14)21(24)27)25-13(2)26(18)12-15-7-9-16(22)11-17(15)23;7-10(8,9)6-4-2-1-3-5-6/h7-11H,3-6,12H2,1-2H3,(H2,24,27);1-5H,(H2,7,8,9). The summed E-state index contributed by atoms with van der Waals surface area (Å²) >= 11 is 0. The van der Waals surface area contributed by atoms with Gasteiger partial charge in [-0.15, -0.1) is 0 Å². The number of benzene rings is 3. The van der Waals surface area contributed by atoms with Crippen LogP contribution in [0.4, 0.5) is 8.78 Å². The van der Waals surface area contributed by atoms with E-state index in [0.717, 1.165) is 37.3 Å². The van der Waals surface area contributed by atoms with E-state index in [0.29, 0.717) is 28.0 Å². The van der Waals surface area contributed by atoms with Crippen molar-refractivity contribution < 1.29 is 22.0 Å². The fraction of sp³-hybridized carbons (Fsp3) is 0.259. The van der Waals surface area contributed by atoms with E-state index in [4.69, 9.17) is 10.9 Å².